The molecule has 2 aromatic heterocycles. The van der Waals surface area contributed by atoms with Crippen molar-refractivity contribution < 1.29 is 9.53 Å². The number of hydrogen-bond acceptors (Lipinski definition) is 3. The highest BCUT2D eigenvalue weighted by atomic mass is 35.5. The fraction of sp³-hybridized carbons (Fsp3) is 0.273. The van der Waals surface area contributed by atoms with E-state index in [4.69, 9.17) is 16.3 Å². The van der Waals surface area contributed by atoms with Gasteiger partial charge in [0.1, 0.15) is 11.4 Å². The van der Waals surface area contributed by atoms with E-state index < -0.39 is 0 Å². The van der Waals surface area contributed by atoms with Gasteiger partial charge in [-0.05, 0) is 43.2 Å². The highest BCUT2D eigenvalue weighted by molar-refractivity contribution is 6.31. The number of rotatable bonds is 5. The fourth-order valence-electron chi connectivity index (χ4n) is 3.52. The second-order valence-corrected chi connectivity index (χ2v) is 7.32. The highest BCUT2D eigenvalue weighted by Gasteiger charge is 2.23. The van der Waals surface area contributed by atoms with E-state index in [1.165, 1.54) is 0 Å². The molecular formula is C22H22ClN3O2. The zero-order valence-corrected chi connectivity index (χ0v) is 16.3. The molecule has 1 aliphatic heterocycles. The minimum atomic E-state index is -0.00800. The van der Waals surface area contributed by atoms with Gasteiger partial charge in [-0.2, -0.15) is 0 Å². The van der Waals surface area contributed by atoms with Crippen molar-refractivity contribution in [1.82, 2.24) is 14.3 Å². The number of halogens is 1. The van der Waals surface area contributed by atoms with Gasteiger partial charge in [-0.15, -0.1) is 0 Å². The summed E-state index contributed by atoms with van der Waals surface area (Å²) >= 11 is 6.23. The van der Waals surface area contributed by atoms with Crippen molar-refractivity contribution in [2.24, 2.45) is 5.92 Å². The molecule has 1 fully saturated rings. The summed E-state index contributed by atoms with van der Waals surface area (Å²) in [6.45, 7) is 2.10. The largest absolute Gasteiger partial charge is 0.493 e. The zero-order chi connectivity index (χ0) is 19.3. The molecule has 0 N–H and O–H groups in total. The Hall–Kier alpha value is -2.79. The quantitative estimate of drug-likeness (QED) is 0.604. The van der Waals surface area contributed by atoms with Crippen molar-refractivity contribution in [2.45, 2.75) is 12.8 Å². The number of benzene rings is 1. The molecule has 3 aromatic rings. The molecule has 1 aliphatic rings. The summed E-state index contributed by atoms with van der Waals surface area (Å²) < 4.78 is 7.75. The monoisotopic (exact) mass is 395 g/mol. The van der Waals surface area contributed by atoms with Crippen molar-refractivity contribution in [1.29, 1.82) is 0 Å². The Morgan fingerprint density at radius 3 is 2.89 bits per heavy atom. The van der Waals surface area contributed by atoms with Crippen LogP contribution in [0.25, 0.3) is 11.7 Å². The van der Waals surface area contributed by atoms with E-state index in [0.717, 1.165) is 30.8 Å². The molecule has 0 aliphatic carbocycles. The van der Waals surface area contributed by atoms with Gasteiger partial charge in [-0.1, -0.05) is 35.9 Å². The second-order valence-electron chi connectivity index (χ2n) is 6.97. The Bertz CT molecular complexity index is 984. The maximum atomic E-state index is 12.7. The Labute approximate surface area is 169 Å². The van der Waals surface area contributed by atoms with Crippen molar-refractivity contribution in [2.75, 3.05) is 19.7 Å². The summed E-state index contributed by atoms with van der Waals surface area (Å²) in [6, 6.07) is 15.5. The average Bonchev–Trinajstić information content (AvgIpc) is 3.06. The minimum absolute atomic E-state index is 0.00800. The third-order valence-corrected chi connectivity index (χ3v) is 5.24. The molecule has 144 valence electrons. The Morgan fingerprint density at radius 1 is 1.21 bits per heavy atom. The molecule has 0 saturated carbocycles. The van der Waals surface area contributed by atoms with Crippen LogP contribution in [0.3, 0.4) is 0 Å². The van der Waals surface area contributed by atoms with Gasteiger partial charge in [0.25, 0.3) is 0 Å². The predicted octanol–water partition coefficient (Wildman–Crippen LogP) is 4.32. The predicted molar refractivity (Wildman–Crippen MR) is 110 cm³/mol. The van der Waals surface area contributed by atoms with Crippen LogP contribution in [-0.2, 0) is 4.79 Å². The number of imidazole rings is 1. The third-order valence-electron chi connectivity index (χ3n) is 4.97. The lowest BCUT2D eigenvalue weighted by Crippen LogP contribution is -2.40. The highest BCUT2D eigenvalue weighted by Crippen LogP contribution is 2.21. The number of aromatic nitrogens is 2. The van der Waals surface area contributed by atoms with E-state index in [1.54, 1.807) is 12.2 Å². The van der Waals surface area contributed by atoms with Crippen LogP contribution >= 0.6 is 11.6 Å². The molecule has 1 unspecified atom stereocenters. The number of piperidine rings is 1. The van der Waals surface area contributed by atoms with Crippen LogP contribution in [0.1, 0.15) is 18.5 Å². The molecule has 0 spiro atoms. The van der Waals surface area contributed by atoms with Gasteiger partial charge in [-0.3, -0.25) is 9.20 Å². The maximum absolute atomic E-state index is 12.7. The van der Waals surface area contributed by atoms with Crippen molar-refractivity contribution >= 4 is 29.2 Å². The van der Waals surface area contributed by atoms with Gasteiger partial charge in [0.15, 0.2) is 5.15 Å². The first-order chi connectivity index (χ1) is 13.7. The number of fused-ring (bicyclic) bond motifs is 1. The van der Waals surface area contributed by atoms with Crippen LogP contribution in [-0.4, -0.2) is 39.9 Å². The first kappa shape index (κ1) is 18.6. The summed E-state index contributed by atoms with van der Waals surface area (Å²) in [5.74, 6) is 1.20. The fourth-order valence-corrected chi connectivity index (χ4v) is 3.76. The van der Waals surface area contributed by atoms with Crippen LogP contribution in [0, 0.1) is 5.92 Å². The first-order valence-electron chi connectivity index (χ1n) is 9.48. The van der Waals surface area contributed by atoms with Crippen molar-refractivity contribution in [3.8, 4) is 5.75 Å². The number of carbonyl (C=O) groups is 1. The number of carbonyl (C=O) groups excluding carboxylic acids is 1. The number of para-hydroxylation sites is 1. The standard InChI is InChI=1S/C22H22ClN3O2/c23-22-19(26-14-5-4-10-20(26)24-22)11-12-21(27)25-13-6-7-17(15-25)16-28-18-8-2-1-3-9-18/h1-5,8-12,14,17H,6-7,13,15-16H2. The van der Waals surface area contributed by atoms with Gasteiger partial charge in [0.2, 0.25) is 5.91 Å². The summed E-state index contributed by atoms with van der Waals surface area (Å²) in [5.41, 5.74) is 1.47. The summed E-state index contributed by atoms with van der Waals surface area (Å²) in [4.78, 5) is 18.9. The van der Waals surface area contributed by atoms with Crippen molar-refractivity contribution in [3.05, 3.63) is 71.7 Å². The Balaban J connectivity index is 1.38. The number of nitrogens with zero attached hydrogens (tertiary/aromatic N) is 3. The lowest BCUT2D eigenvalue weighted by atomic mass is 9.99. The molecule has 1 saturated heterocycles. The molecular weight excluding hydrogens is 374 g/mol. The second kappa shape index (κ2) is 8.48. The Kier molecular flexibility index (Phi) is 5.63. The molecule has 3 heterocycles. The summed E-state index contributed by atoms with van der Waals surface area (Å²) in [7, 11) is 0. The first-order valence-corrected chi connectivity index (χ1v) is 9.86. The molecule has 28 heavy (non-hydrogen) atoms. The van der Waals surface area contributed by atoms with E-state index in [-0.39, 0.29) is 5.91 Å². The van der Waals surface area contributed by atoms with E-state index in [1.807, 2.05) is 64.0 Å². The third kappa shape index (κ3) is 4.20. The summed E-state index contributed by atoms with van der Waals surface area (Å²) in [6.07, 6.45) is 7.27. The van der Waals surface area contributed by atoms with Gasteiger partial charge in [0, 0.05) is 31.3 Å². The maximum Gasteiger partial charge on any atom is 0.246 e. The van der Waals surface area contributed by atoms with Crippen LogP contribution < -0.4 is 4.74 Å². The molecule has 5 nitrogen and oxygen atoms in total. The number of amides is 1. The summed E-state index contributed by atoms with van der Waals surface area (Å²) in [5, 5.41) is 0.392. The van der Waals surface area contributed by atoms with E-state index >= 15 is 0 Å². The van der Waals surface area contributed by atoms with Gasteiger partial charge in [0.05, 0.1) is 12.3 Å². The van der Waals surface area contributed by atoms with E-state index in [2.05, 4.69) is 4.98 Å². The van der Waals surface area contributed by atoms with E-state index in [0.29, 0.717) is 29.9 Å². The molecule has 6 heteroatoms. The number of hydrogen-bond donors (Lipinski definition) is 0. The molecule has 1 aromatic carbocycles. The lowest BCUT2D eigenvalue weighted by molar-refractivity contribution is -0.127. The van der Waals surface area contributed by atoms with Crippen LogP contribution in [0.4, 0.5) is 0 Å². The van der Waals surface area contributed by atoms with Crippen molar-refractivity contribution in [3.63, 3.8) is 0 Å². The SMILES string of the molecule is O=C(C=Cc1c(Cl)nc2ccccn12)N1CCCC(COc2ccccc2)C1. The number of likely N-dealkylation sites (tertiary alicyclic amines) is 1. The van der Waals surface area contributed by atoms with E-state index in [9.17, 15) is 4.79 Å². The van der Waals surface area contributed by atoms with Crippen LogP contribution in [0.15, 0.2) is 60.8 Å². The van der Waals surface area contributed by atoms with Crippen LogP contribution in [0.5, 0.6) is 5.75 Å². The van der Waals surface area contributed by atoms with Gasteiger partial charge in [-0.25, -0.2) is 4.98 Å². The normalized spacial score (nSPS) is 17.3. The molecule has 0 radical (unpaired) electrons. The molecule has 4 rings (SSSR count). The minimum Gasteiger partial charge on any atom is -0.493 e. The zero-order valence-electron chi connectivity index (χ0n) is 15.5. The topological polar surface area (TPSA) is 46.8 Å². The molecule has 0 bridgehead atoms. The lowest BCUT2D eigenvalue weighted by Gasteiger charge is -2.32. The Morgan fingerprint density at radius 2 is 2.04 bits per heavy atom. The number of pyridine rings is 1. The van der Waals surface area contributed by atoms with Gasteiger partial charge < -0.3 is 9.64 Å². The number of ether oxygens (including phenoxy) is 1. The van der Waals surface area contributed by atoms with Gasteiger partial charge >= 0.3 is 0 Å². The average molecular weight is 396 g/mol. The smallest absolute Gasteiger partial charge is 0.246 e. The van der Waals surface area contributed by atoms with Crippen LogP contribution in [0.2, 0.25) is 5.15 Å². The molecule has 1 amide bonds. The molecule has 1 atom stereocenters.